The van der Waals surface area contributed by atoms with Gasteiger partial charge in [-0.2, -0.15) is 0 Å². The van der Waals surface area contributed by atoms with Crippen molar-refractivity contribution in [2.24, 2.45) is 0 Å². The third-order valence-electron chi connectivity index (χ3n) is 3.29. The van der Waals surface area contributed by atoms with E-state index in [4.69, 9.17) is 9.47 Å². The van der Waals surface area contributed by atoms with Crippen molar-refractivity contribution in [3.63, 3.8) is 0 Å². The average molecular weight is 325 g/mol. The number of nitrogens with one attached hydrogen (secondary N) is 2. The Morgan fingerprint density at radius 3 is 2.83 bits per heavy atom. The van der Waals surface area contributed by atoms with Gasteiger partial charge < -0.3 is 20.1 Å². The van der Waals surface area contributed by atoms with Crippen molar-refractivity contribution in [2.75, 3.05) is 18.7 Å². The Kier molecular flexibility index (Phi) is 4.42. The second-order valence-electron chi connectivity index (χ2n) is 4.95. The summed E-state index contributed by atoms with van der Waals surface area (Å²) in [6.45, 7) is 4.02. The Morgan fingerprint density at radius 2 is 2.00 bits per heavy atom. The molecule has 2 aromatic rings. The number of nitrogens with zero attached hydrogens (tertiary/aromatic N) is 1. The van der Waals surface area contributed by atoms with Crippen LogP contribution in [0, 0.1) is 0 Å². The Hall–Kier alpha value is -3.35. The van der Waals surface area contributed by atoms with Gasteiger partial charge in [-0.15, -0.1) is 6.58 Å². The lowest BCUT2D eigenvalue weighted by atomic mass is 10.2. The first-order valence-corrected chi connectivity index (χ1v) is 7.23. The Labute approximate surface area is 138 Å². The van der Waals surface area contributed by atoms with Crippen LogP contribution < -0.4 is 20.1 Å². The maximum Gasteiger partial charge on any atom is 0.270 e. The zero-order chi connectivity index (χ0) is 16.9. The Bertz CT molecular complexity index is 804. The van der Waals surface area contributed by atoms with Crippen molar-refractivity contribution in [3.8, 4) is 11.5 Å². The number of benzene rings is 1. The van der Waals surface area contributed by atoms with E-state index >= 15 is 0 Å². The summed E-state index contributed by atoms with van der Waals surface area (Å²) in [5.41, 5.74) is 1.06. The molecule has 0 unspecified atom stereocenters. The van der Waals surface area contributed by atoms with Crippen LogP contribution in [0.25, 0.3) is 0 Å². The minimum atomic E-state index is -0.368. The Balaban J connectivity index is 1.73. The highest BCUT2D eigenvalue weighted by molar-refractivity contribution is 6.05. The number of hydrogen-bond donors (Lipinski definition) is 2. The van der Waals surface area contributed by atoms with Crippen molar-refractivity contribution in [1.29, 1.82) is 0 Å². The van der Waals surface area contributed by atoms with Gasteiger partial charge in [0, 0.05) is 30.1 Å². The molecule has 24 heavy (non-hydrogen) atoms. The molecule has 0 atom stereocenters. The van der Waals surface area contributed by atoms with Crippen molar-refractivity contribution in [1.82, 2.24) is 10.3 Å². The van der Waals surface area contributed by atoms with Gasteiger partial charge in [0.25, 0.3) is 11.8 Å². The van der Waals surface area contributed by atoms with Gasteiger partial charge in [-0.05, 0) is 24.3 Å². The van der Waals surface area contributed by atoms with Gasteiger partial charge in [-0.1, -0.05) is 6.08 Å². The van der Waals surface area contributed by atoms with E-state index < -0.39 is 0 Å². The molecule has 3 rings (SSSR count). The van der Waals surface area contributed by atoms with Crippen LogP contribution in [0.1, 0.15) is 20.8 Å². The fraction of sp³-hybridized carbons (Fsp3) is 0.118. The number of rotatable bonds is 5. The predicted octanol–water partition coefficient (Wildman–Crippen LogP) is 1.98. The molecule has 2 amide bonds. The molecule has 1 aliphatic rings. The van der Waals surface area contributed by atoms with E-state index in [1.165, 1.54) is 18.3 Å². The molecular formula is C17H15N3O4. The number of amides is 2. The third kappa shape index (κ3) is 3.35. The summed E-state index contributed by atoms with van der Waals surface area (Å²) in [5.74, 6) is 0.492. The number of anilines is 1. The summed E-state index contributed by atoms with van der Waals surface area (Å²) in [5, 5.41) is 5.36. The van der Waals surface area contributed by atoms with Gasteiger partial charge in [0.1, 0.15) is 5.69 Å². The summed E-state index contributed by atoms with van der Waals surface area (Å²) in [6.07, 6.45) is 2.98. The zero-order valence-electron chi connectivity index (χ0n) is 12.7. The van der Waals surface area contributed by atoms with Gasteiger partial charge in [0.05, 0.1) is 0 Å². The molecule has 0 saturated heterocycles. The molecule has 0 radical (unpaired) electrons. The van der Waals surface area contributed by atoms with E-state index in [1.54, 1.807) is 24.3 Å². The SMILES string of the molecule is C=CCNC(=O)c1cc(C(=O)Nc2ccc3c(c2)OCO3)ccn1. The van der Waals surface area contributed by atoms with Crippen molar-refractivity contribution in [2.45, 2.75) is 0 Å². The van der Waals surface area contributed by atoms with Crippen LogP contribution >= 0.6 is 0 Å². The second-order valence-corrected chi connectivity index (χ2v) is 4.95. The van der Waals surface area contributed by atoms with Crippen LogP contribution in [0.15, 0.2) is 49.2 Å². The lowest BCUT2D eigenvalue weighted by Crippen LogP contribution is -2.24. The highest BCUT2D eigenvalue weighted by Crippen LogP contribution is 2.34. The maximum absolute atomic E-state index is 12.3. The molecule has 0 fully saturated rings. The highest BCUT2D eigenvalue weighted by atomic mass is 16.7. The van der Waals surface area contributed by atoms with E-state index in [0.717, 1.165) is 0 Å². The van der Waals surface area contributed by atoms with Gasteiger partial charge in [-0.25, -0.2) is 0 Å². The highest BCUT2D eigenvalue weighted by Gasteiger charge is 2.15. The molecule has 7 nitrogen and oxygen atoms in total. The summed E-state index contributed by atoms with van der Waals surface area (Å²) in [6, 6.07) is 8.08. The molecule has 0 bridgehead atoms. The summed E-state index contributed by atoms with van der Waals surface area (Å²) in [4.78, 5) is 28.2. The quantitative estimate of drug-likeness (QED) is 0.821. The lowest BCUT2D eigenvalue weighted by molar-refractivity contribution is 0.0953. The van der Waals surface area contributed by atoms with E-state index in [-0.39, 0.29) is 24.3 Å². The molecular weight excluding hydrogens is 310 g/mol. The van der Waals surface area contributed by atoms with Gasteiger partial charge in [0.15, 0.2) is 11.5 Å². The lowest BCUT2D eigenvalue weighted by Gasteiger charge is -2.07. The topological polar surface area (TPSA) is 89.6 Å². The number of fused-ring (bicyclic) bond motifs is 1. The number of ether oxygens (including phenoxy) is 2. The van der Waals surface area contributed by atoms with Crippen LogP contribution in [0.2, 0.25) is 0 Å². The number of hydrogen-bond acceptors (Lipinski definition) is 5. The molecule has 0 spiro atoms. The fourth-order valence-corrected chi connectivity index (χ4v) is 2.13. The Morgan fingerprint density at radius 1 is 1.17 bits per heavy atom. The fourth-order valence-electron chi connectivity index (χ4n) is 2.13. The summed E-state index contributed by atoms with van der Waals surface area (Å²) in [7, 11) is 0. The molecule has 0 aliphatic carbocycles. The van der Waals surface area contributed by atoms with Crippen LogP contribution in [-0.4, -0.2) is 30.1 Å². The first kappa shape index (κ1) is 15.5. The molecule has 7 heteroatoms. The summed E-state index contributed by atoms with van der Waals surface area (Å²) >= 11 is 0. The predicted molar refractivity (Wildman–Crippen MR) is 87.3 cm³/mol. The number of carbonyl (C=O) groups excluding carboxylic acids is 2. The average Bonchev–Trinajstić information content (AvgIpc) is 3.07. The van der Waals surface area contributed by atoms with Crippen LogP contribution in [0.3, 0.4) is 0 Å². The molecule has 2 heterocycles. The molecule has 2 N–H and O–H groups in total. The van der Waals surface area contributed by atoms with Crippen molar-refractivity contribution < 1.29 is 19.1 Å². The maximum atomic E-state index is 12.3. The number of pyridine rings is 1. The molecule has 1 aliphatic heterocycles. The largest absolute Gasteiger partial charge is 0.454 e. The first-order valence-electron chi connectivity index (χ1n) is 7.23. The minimum absolute atomic E-state index is 0.162. The monoisotopic (exact) mass is 325 g/mol. The zero-order valence-corrected chi connectivity index (χ0v) is 12.7. The minimum Gasteiger partial charge on any atom is -0.454 e. The summed E-state index contributed by atoms with van der Waals surface area (Å²) < 4.78 is 10.5. The van der Waals surface area contributed by atoms with Crippen LogP contribution in [0.4, 0.5) is 5.69 Å². The number of carbonyl (C=O) groups is 2. The van der Waals surface area contributed by atoms with Crippen LogP contribution in [0.5, 0.6) is 11.5 Å². The third-order valence-corrected chi connectivity index (χ3v) is 3.29. The molecule has 0 saturated carbocycles. The van der Waals surface area contributed by atoms with E-state index in [2.05, 4.69) is 22.2 Å². The van der Waals surface area contributed by atoms with Crippen molar-refractivity contribution in [3.05, 3.63) is 60.4 Å². The smallest absolute Gasteiger partial charge is 0.270 e. The first-order chi connectivity index (χ1) is 11.7. The normalized spacial score (nSPS) is 11.7. The number of aromatic nitrogens is 1. The van der Waals surface area contributed by atoms with Gasteiger partial charge in [-0.3, -0.25) is 14.6 Å². The molecule has 1 aromatic carbocycles. The van der Waals surface area contributed by atoms with E-state index in [9.17, 15) is 9.59 Å². The van der Waals surface area contributed by atoms with E-state index in [1.807, 2.05) is 0 Å². The standard InChI is InChI=1S/C17H15N3O4/c1-2-6-19-17(22)13-8-11(5-7-18-13)16(21)20-12-3-4-14-15(9-12)24-10-23-14/h2-5,7-9H,1,6,10H2,(H,19,22)(H,20,21). The van der Waals surface area contributed by atoms with Gasteiger partial charge >= 0.3 is 0 Å². The van der Waals surface area contributed by atoms with Crippen molar-refractivity contribution >= 4 is 17.5 Å². The molecule has 1 aromatic heterocycles. The molecule has 122 valence electrons. The van der Waals surface area contributed by atoms with E-state index in [0.29, 0.717) is 29.3 Å². The second kappa shape index (κ2) is 6.82. The van der Waals surface area contributed by atoms with Gasteiger partial charge in [0.2, 0.25) is 6.79 Å². The van der Waals surface area contributed by atoms with Crippen LogP contribution in [-0.2, 0) is 0 Å².